The normalized spacial score (nSPS) is 23.5. The van der Waals surface area contributed by atoms with Gasteiger partial charge in [0.1, 0.15) is 0 Å². The number of likely N-dealkylation sites (N-methyl/N-ethyl adjacent to an activating group) is 2. The molecule has 8 nitrogen and oxygen atoms in total. The van der Waals surface area contributed by atoms with Crippen LogP contribution in [0.1, 0.15) is 0 Å². The summed E-state index contributed by atoms with van der Waals surface area (Å²) >= 11 is 6.79. The predicted octanol–water partition coefficient (Wildman–Crippen LogP) is 2.73. The molecule has 0 N–H and O–H groups in total. The summed E-state index contributed by atoms with van der Waals surface area (Å²) in [6, 6.07) is 0. The first-order chi connectivity index (χ1) is 14.5. The average Bonchev–Trinajstić information content (AvgIpc) is 2.74. The lowest BCUT2D eigenvalue weighted by Crippen LogP contribution is -2.27. The van der Waals surface area contributed by atoms with Crippen molar-refractivity contribution in [2.45, 2.75) is 9.65 Å². The Bertz CT molecular complexity index is 964. The number of allylic oxidation sites excluding steroid dienone is 10. The lowest BCUT2D eigenvalue weighted by molar-refractivity contribution is -0.163. The number of carbonyl (C=O) groups is 2. The van der Waals surface area contributed by atoms with Gasteiger partial charge in [-0.2, -0.15) is 0 Å². The molecule has 0 aromatic carbocycles. The van der Waals surface area contributed by atoms with Gasteiger partial charge in [-0.25, -0.2) is 18.5 Å². The topological polar surface area (TPSA) is 93.2 Å². The van der Waals surface area contributed by atoms with Crippen LogP contribution in [0.3, 0.4) is 0 Å². The van der Waals surface area contributed by atoms with Crippen LogP contribution in [0.25, 0.3) is 0 Å². The molecule has 0 saturated heterocycles. The minimum atomic E-state index is -3.94. The zero-order valence-electron chi connectivity index (χ0n) is 17.3. The molecule has 0 spiro atoms. The van der Waals surface area contributed by atoms with Gasteiger partial charge in [-0.15, -0.1) is 0 Å². The van der Waals surface area contributed by atoms with Crippen LogP contribution in [0.5, 0.6) is 0 Å². The zero-order valence-corrected chi connectivity index (χ0v) is 21.3. The molecule has 2 atom stereocenters. The Morgan fingerprint density at radius 1 is 0.871 bits per heavy atom. The molecule has 0 saturated carbocycles. The van der Waals surface area contributed by atoms with E-state index in [0.29, 0.717) is 11.1 Å². The molecule has 2 unspecified atom stereocenters. The Balaban J connectivity index is 2.37. The number of nitrogens with zero attached hydrogens (tertiary/aromatic N) is 2. The average molecular weight is 578 g/mol. The molecular formula is C20H22Br2N2O6S. The summed E-state index contributed by atoms with van der Waals surface area (Å²) in [4.78, 5) is 32.7. The number of halogens is 2. The first-order valence-corrected chi connectivity index (χ1v) is 12.2. The molecule has 11 heteroatoms. The monoisotopic (exact) mass is 576 g/mol. The van der Waals surface area contributed by atoms with Crippen molar-refractivity contribution in [3.8, 4) is 0 Å². The number of amides is 2. The molecule has 0 aromatic rings. The minimum absolute atomic E-state index is 0.0693. The zero-order chi connectivity index (χ0) is 23.3. The summed E-state index contributed by atoms with van der Waals surface area (Å²) in [6.07, 6.45) is 12.0. The smallest absolute Gasteiger partial charge is 0.270 e. The molecule has 0 bridgehead atoms. The second-order valence-corrected chi connectivity index (χ2v) is 10.2. The molecule has 0 fully saturated rings. The van der Waals surface area contributed by atoms with E-state index in [4.69, 9.17) is 9.68 Å². The largest absolute Gasteiger partial charge is 0.274 e. The van der Waals surface area contributed by atoms with Gasteiger partial charge in [0.05, 0.1) is 33.7 Å². The highest BCUT2D eigenvalue weighted by molar-refractivity contribution is 9.10. The highest BCUT2D eigenvalue weighted by Gasteiger charge is 2.36. The van der Waals surface area contributed by atoms with E-state index in [1.54, 1.807) is 24.3 Å². The first kappa shape index (κ1) is 25.5. The fourth-order valence-electron chi connectivity index (χ4n) is 2.65. The van der Waals surface area contributed by atoms with Gasteiger partial charge in [-0.05, 0) is 23.3 Å². The SMILES string of the molecule is CON(C)C(=O)C=C1C=CC=C(S(=O)(=O)C2=CC=CC(=CC(=O)N(C)OC)C2Br)C1Br. The standard InChI is InChI=1S/C20H22Br2N2O6S/c1-23(29-3)17(25)11-13-7-5-9-15(19(13)21)31(27,28)16-10-6-8-14(20(16)22)12-18(26)24(2)30-4/h5-12,19-20H,1-4H3. The fraction of sp³-hybridized carbons (Fsp3) is 0.300. The fourth-order valence-corrected chi connectivity index (χ4v) is 6.61. The molecule has 2 amide bonds. The molecule has 168 valence electrons. The summed E-state index contributed by atoms with van der Waals surface area (Å²) in [6.45, 7) is 0. The predicted molar refractivity (Wildman–Crippen MR) is 125 cm³/mol. The lowest BCUT2D eigenvalue weighted by atomic mass is 10.1. The van der Waals surface area contributed by atoms with Gasteiger partial charge in [-0.3, -0.25) is 19.3 Å². The first-order valence-electron chi connectivity index (χ1n) is 8.91. The van der Waals surface area contributed by atoms with E-state index in [1.807, 2.05) is 0 Å². The van der Waals surface area contributed by atoms with E-state index in [-0.39, 0.29) is 9.81 Å². The molecule has 0 heterocycles. The summed E-state index contributed by atoms with van der Waals surface area (Å²) in [7, 11) is 1.67. The van der Waals surface area contributed by atoms with E-state index >= 15 is 0 Å². The van der Waals surface area contributed by atoms with Gasteiger partial charge >= 0.3 is 0 Å². The summed E-state index contributed by atoms with van der Waals surface area (Å²) in [5.41, 5.74) is 0.918. The van der Waals surface area contributed by atoms with Crippen LogP contribution < -0.4 is 0 Å². The van der Waals surface area contributed by atoms with Gasteiger partial charge in [0.25, 0.3) is 11.8 Å². The molecule has 2 aliphatic rings. The van der Waals surface area contributed by atoms with Crippen LogP contribution in [0.4, 0.5) is 0 Å². The van der Waals surface area contributed by atoms with Crippen molar-refractivity contribution in [1.82, 2.24) is 10.1 Å². The van der Waals surface area contributed by atoms with Gasteiger partial charge in [0, 0.05) is 26.2 Å². The van der Waals surface area contributed by atoms with E-state index < -0.39 is 31.3 Å². The van der Waals surface area contributed by atoms with Gasteiger partial charge < -0.3 is 0 Å². The number of hydrogen-bond acceptors (Lipinski definition) is 6. The minimum Gasteiger partial charge on any atom is -0.274 e. The second kappa shape index (κ2) is 10.7. The molecule has 31 heavy (non-hydrogen) atoms. The van der Waals surface area contributed by atoms with Crippen molar-refractivity contribution in [1.29, 1.82) is 0 Å². The quantitative estimate of drug-likeness (QED) is 0.274. The van der Waals surface area contributed by atoms with Crippen LogP contribution in [0, 0.1) is 0 Å². The molecular weight excluding hydrogens is 556 g/mol. The highest BCUT2D eigenvalue weighted by atomic mass is 79.9. The molecule has 0 aromatic heterocycles. The van der Waals surface area contributed by atoms with Crippen molar-refractivity contribution in [3.63, 3.8) is 0 Å². The van der Waals surface area contributed by atoms with Crippen LogP contribution >= 0.6 is 31.9 Å². The van der Waals surface area contributed by atoms with E-state index in [9.17, 15) is 18.0 Å². The number of hydrogen-bond donors (Lipinski definition) is 0. The van der Waals surface area contributed by atoms with Crippen molar-refractivity contribution in [3.05, 3.63) is 69.6 Å². The van der Waals surface area contributed by atoms with Gasteiger partial charge in [0.15, 0.2) is 0 Å². The lowest BCUT2D eigenvalue weighted by Gasteiger charge is -2.24. The van der Waals surface area contributed by atoms with Crippen molar-refractivity contribution >= 4 is 53.5 Å². The van der Waals surface area contributed by atoms with Crippen LogP contribution in [-0.4, -0.2) is 68.3 Å². The highest BCUT2D eigenvalue weighted by Crippen LogP contribution is 2.38. The molecule has 2 rings (SSSR count). The van der Waals surface area contributed by atoms with Crippen molar-refractivity contribution < 1.29 is 27.7 Å². The third-order valence-electron chi connectivity index (χ3n) is 4.55. The Kier molecular flexibility index (Phi) is 8.78. The number of rotatable bonds is 6. The van der Waals surface area contributed by atoms with E-state index in [1.165, 1.54) is 52.6 Å². The summed E-state index contributed by atoms with van der Waals surface area (Å²) in [5.74, 6) is -0.871. The number of hydroxylamine groups is 4. The molecule has 0 radical (unpaired) electrons. The van der Waals surface area contributed by atoms with Gasteiger partial charge in [-0.1, -0.05) is 56.2 Å². The maximum atomic E-state index is 13.4. The Morgan fingerprint density at radius 2 is 1.23 bits per heavy atom. The van der Waals surface area contributed by atoms with Crippen LogP contribution in [0.2, 0.25) is 0 Å². The maximum Gasteiger partial charge on any atom is 0.270 e. The van der Waals surface area contributed by atoms with E-state index in [0.717, 1.165) is 10.1 Å². The Hall–Kier alpha value is -1.79. The summed E-state index contributed by atoms with van der Waals surface area (Å²) < 4.78 is 26.9. The number of alkyl halides is 2. The second-order valence-electron chi connectivity index (χ2n) is 6.41. The van der Waals surface area contributed by atoms with Gasteiger partial charge in [0.2, 0.25) is 9.84 Å². The van der Waals surface area contributed by atoms with Crippen LogP contribution in [0.15, 0.2) is 69.6 Å². The maximum absolute atomic E-state index is 13.4. The Morgan fingerprint density at radius 3 is 1.55 bits per heavy atom. The van der Waals surface area contributed by atoms with E-state index in [2.05, 4.69) is 31.9 Å². The van der Waals surface area contributed by atoms with Crippen molar-refractivity contribution in [2.24, 2.45) is 0 Å². The van der Waals surface area contributed by atoms with Crippen LogP contribution in [-0.2, 0) is 29.1 Å². The summed E-state index contributed by atoms with van der Waals surface area (Å²) in [5, 5.41) is 2.06. The molecule has 2 aliphatic carbocycles. The molecule has 0 aliphatic heterocycles. The number of sulfone groups is 1. The third kappa shape index (κ3) is 5.72. The Labute approximate surface area is 198 Å². The third-order valence-corrected chi connectivity index (χ3v) is 9.19. The number of carbonyl (C=O) groups excluding carboxylic acids is 2. The van der Waals surface area contributed by atoms with Crippen molar-refractivity contribution in [2.75, 3.05) is 28.3 Å².